The number of rotatable bonds is 1. The van der Waals surface area contributed by atoms with Gasteiger partial charge in [0.05, 0.1) is 12.6 Å². The number of ether oxygens (including phenoxy) is 1. The van der Waals surface area contributed by atoms with E-state index in [2.05, 4.69) is 36.1 Å². The third kappa shape index (κ3) is 3.07. The van der Waals surface area contributed by atoms with Crippen molar-refractivity contribution in [1.29, 1.82) is 0 Å². The van der Waals surface area contributed by atoms with E-state index in [1.165, 1.54) is 13.2 Å². The Morgan fingerprint density at radius 3 is 2.63 bits per heavy atom. The number of pyridine rings is 1. The normalized spacial score (nSPS) is 10.9. The van der Waals surface area contributed by atoms with Crippen molar-refractivity contribution in [2.45, 2.75) is 19.6 Å². The van der Waals surface area contributed by atoms with Crippen LogP contribution in [0.2, 0.25) is 19.6 Å². The average molecular weight is 271 g/mol. The van der Waals surface area contributed by atoms with Crippen LogP contribution in [-0.4, -0.2) is 20.2 Å². The number of methoxy groups -OCH3 is 1. The SMILES string of the molecule is COc1cc(=O)c2cccc(C#C[Si](C)(C)C)c2[nH]1. The second kappa shape index (κ2) is 4.94. The molecule has 2 aromatic rings. The van der Waals surface area contributed by atoms with Gasteiger partial charge in [0.15, 0.2) is 11.3 Å². The van der Waals surface area contributed by atoms with E-state index in [1.807, 2.05) is 12.1 Å². The summed E-state index contributed by atoms with van der Waals surface area (Å²) in [4.78, 5) is 15.1. The van der Waals surface area contributed by atoms with Crippen LogP contribution in [0.25, 0.3) is 10.9 Å². The highest BCUT2D eigenvalue weighted by Crippen LogP contribution is 2.16. The van der Waals surface area contributed by atoms with Crippen molar-refractivity contribution in [3.8, 4) is 17.3 Å². The summed E-state index contributed by atoms with van der Waals surface area (Å²) in [5, 5.41) is 0.642. The first-order valence-electron chi connectivity index (χ1n) is 6.14. The summed E-state index contributed by atoms with van der Waals surface area (Å²) in [5.74, 6) is 3.65. The summed E-state index contributed by atoms with van der Waals surface area (Å²) in [7, 11) is 0.0880. The third-order valence-corrected chi connectivity index (χ3v) is 3.51. The molecule has 1 N–H and O–H groups in total. The number of H-pyrrole nitrogens is 1. The summed E-state index contributed by atoms with van der Waals surface area (Å²) >= 11 is 0. The van der Waals surface area contributed by atoms with E-state index >= 15 is 0 Å². The Hall–Kier alpha value is -1.99. The number of benzene rings is 1. The number of aromatic amines is 1. The highest BCUT2D eigenvalue weighted by atomic mass is 28.3. The molecule has 0 saturated carbocycles. The van der Waals surface area contributed by atoms with Crippen LogP contribution in [0.15, 0.2) is 29.1 Å². The van der Waals surface area contributed by atoms with Crippen LogP contribution in [-0.2, 0) is 0 Å². The fourth-order valence-electron chi connectivity index (χ4n) is 1.72. The van der Waals surface area contributed by atoms with Crippen LogP contribution in [0.1, 0.15) is 5.56 Å². The predicted molar refractivity (Wildman–Crippen MR) is 81.3 cm³/mol. The molecule has 1 aromatic carbocycles. The second-order valence-corrected chi connectivity index (χ2v) is 10.2. The summed E-state index contributed by atoms with van der Waals surface area (Å²) in [5.41, 5.74) is 4.85. The molecule has 3 nitrogen and oxygen atoms in total. The van der Waals surface area contributed by atoms with E-state index in [0.29, 0.717) is 11.3 Å². The quantitative estimate of drug-likeness (QED) is 0.640. The molecule has 0 atom stereocenters. The largest absolute Gasteiger partial charge is 0.482 e. The van der Waals surface area contributed by atoms with Crippen molar-refractivity contribution in [3.63, 3.8) is 0 Å². The molecule has 0 bridgehead atoms. The molecule has 4 heteroatoms. The van der Waals surface area contributed by atoms with E-state index in [0.717, 1.165) is 11.1 Å². The lowest BCUT2D eigenvalue weighted by molar-refractivity contribution is 0.399. The first-order valence-corrected chi connectivity index (χ1v) is 9.64. The lowest BCUT2D eigenvalue weighted by Gasteiger charge is -2.06. The molecule has 0 aliphatic carbocycles. The van der Waals surface area contributed by atoms with Gasteiger partial charge in [0, 0.05) is 17.0 Å². The number of para-hydroxylation sites is 1. The van der Waals surface area contributed by atoms with Gasteiger partial charge in [0.25, 0.3) is 0 Å². The Balaban J connectivity index is 2.71. The minimum absolute atomic E-state index is 0.0535. The van der Waals surface area contributed by atoms with Gasteiger partial charge in [-0.05, 0) is 12.1 Å². The van der Waals surface area contributed by atoms with Crippen LogP contribution >= 0.6 is 0 Å². The molecule has 1 aromatic heterocycles. The molecular weight excluding hydrogens is 254 g/mol. The number of hydrogen-bond acceptors (Lipinski definition) is 2. The van der Waals surface area contributed by atoms with Crippen LogP contribution in [0.4, 0.5) is 0 Å². The fourth-order valence-corrected chi connectivity index (χ4v) is 2.23. The standard InChI is InChI=1S/C15H17NO2Si/c1-18-14-10-13(17)12-7-5-6-11(15(12)16-14)8-9-19(2,3)4/h5-7,10H,1-4H3,(H,16,17). The van der Waals surface area contributed by atoms with Crippen molar-refractivity contribution < 1.29 is 4.74 Å². The Bertz CT molecular complexity index is 730. The van der Waals surface area contributed by atoms with Crippen molar-refractivity contribution >= 4 is 19.0 Å². The maximum absolute atomic E-state index is 12.0. The van der Waals surface area contributed by atoms with Crippen molar-refractivity contribution in [3.05, 3.63) is 40.1 Å². The van der Waals surface area contributed by atoms with Gasteiger partial charge in [-0.2, -0.15) is 0 Å². The van der Waals surface area contributed by atoms with Crippen LogP contribution in [0.3, 0.4) is 0 Å². The zero-order valence-corrected chi connectivity index (χ0v) is 12.6. The molecule has 0 aliphatic rings. The number of nitrogens with one attached hydrogen (secondary N) is 1. The molecule has 19 heavy (non-hydrogen) atoms. The van der Waals surface area contributed by atoms with Gasteiger partial charge in [0.1, 0.15) is 8.07 Å². The van der Waals surface area contributed by atoms with E-state index in [1.54, 1.807) is 6.07 Å². The van der Waals surface area contributed by atoms with E-state index in [4.69, 9.17) is 4.74 Å². The summed E-state index contributed by atoms with van der Waals surface area (Å²) in [6.07, 6.45) is 0. The highest BCUT2D eigenvalue weighted by Gasteiger charge is 2.09. The number of hydrogen-bond donors (Lipinski definition) is 1. The zero-order chi connectivity index (χ0) is 14.0. The lowest BCUT2D eigenvalue weighted by atomic mass is 10.1. The molecule has 0 radical (unpaired) electrons. The predicted octanol–water partition coefficient (Wildman–Crippen LogP) is 2.77. The Kier molecular flexibility index (Phi) is 3.50. The average Bonchev–Trinajstić information content (AvgIpc) is 2.35. The van der Waals surface area contributed by atoms with Gasteiger partial charge in [-0.15, -0.1) is 5.54 Å². The molecule has 0 aliphatic heterocycles. The number of aromatic nitrogens is 1. The van der Waals surface area contributed by atoms with E-state index in [-0.39, 0.29) is 5.43 Å². The Morgan fingerprint density at radius 2 is 2.00 bits per heavy atom. The first kappa shape index (κ1) is 13.4. The van der Waals surface area contributed by atoms with Crippen molar-refractivity contribution in [1.82, 2.24) is 4.98 Å². The second-order valence-electron chi connectivity index (χ2n) is 5.43. The van der Waals surface area contributed by atoms with Gasteiger partial charge in [-0.3, -0.25) is 4.79 Å². The third-order valence-electron chi connectivity index (χ3n) is 2.63. The van der Waals surface area contributed by atoms with E-state index in [9.17, 15) is 4.79 Å². The zero-order valence-electron chi connectivity index (χ0n) is 11.6. The van der Waals surface area contributed by atoms with Gasteiger partial charge < -0.3 is 9.72 Å². The minimum atomic E-state index is -1.45. The molecule has 0 unspecified atom stereocenters. The Labute approximate surface area is 113 Å². The van der Waals surface area contributed by atoms with Crippen molar-refractivity contribution in [2.75, 3.05) is 7.11 Å². The number of fused-ring (bicyclic) bond motifs is 1. The smallest absolute Gasteiger partial charge is 0.194 e. The van der Waals surface area contributed by atoms with Gasteiger partial charge in [0.2, 0.25) is 0 Å². The fraction of sp³-hybridized carbons (Fsp3) is 0.267. The first-order chi connectivity index (χ1) is 8.90. The monoisotopic (exact) mass is 271 g/mol. The Morgan fingerprint density at radius 1 is 1.26 bits per heavy atom. The summed E-state index contributed by atoms with van der Waals surface area (Å²) < 4.78 is 5.11. The van der Waals surface area contributed by atoms with Crippen LogP contribution in [0.5, 0.6) is 5.88 Å². The highest BCUT2D eigenvalue weighted by molar-refractivity contribution is 6.83. The maximum atomic E-state index is 12.0. The molecular formula is C15H17NO2Si. The topological polar surface area (TPSA) is 42.1 Å². The van der Waals surface area contributed by atoms with Gasteiger partial charge in [-0.1, -0.05) is 31.6 Å². The summed E-state index contributed by atoms with van der Waals surface area (Å²) in [6, 6.07) is 7.04. The molecule has 0 saturated heterocycles. The van der Waals surface area contributed by atoms with Gasteiger partial charge in [-0.25, -0.2) is 0 Å². The lowest BCUT2D eigenvalue weighted by Crippen LogP contribution is -2.16. The molecule has 0 amide bonds. The minimum Gasteiger partial charge on any atom is -0.482 e. The van der Waals surface area contributed by atoms with E-state index < -0.39 is 8.07 Å². The molecule has 0 spiro atoms. The van der Waals surface area contributed by atoms with Gasteiger partial charge >= 0.3 is 0 Å². The van der Waals surface area contributed by atoms with Crippen LogP contribution in [0, 0.1) is 11.5 Å². The molecule has 98 valence electrons. The molecule has 2 rings (SSSR count). The van der Waals surface area contributed by atoms with Crippen LogP contribution < -0.4 is 10.2 Å². The molecule has 0 fully saturated rings. The maximum Gasteiger partial charge on any atom is 0.194 e. The van der Waals surface area contributed by atoms with Crippen molar-refractivity contribution in [2.24, 2.45) is 0 Å². The summed E-state index contributed by atoms with van der Waals surface area (Å²) in [6.45, 7) is 6.57. The molecule has 1 heterocycles.